The Balaban J connectivity index is 2.36. The number of benzene rings is 1. The van der Waals surface area contributed by atoms with Gasteiger partial charge in [-0.1, -0.05) is 39.0 Å². The fraction of sp³-hybridized carbons (Fsp3) is 0.438. The summed E-state index contributed by atoms with van der Waals surface area (Å²) in [5.41, 5.74) is 0.0488. The lowest BCUT2D eigenvalue weighted by Gasteiger charge is -2.27. The minimum absolute atomic E-state index is 0.00205. The molecule has 126 valence electrons. The van der Waals surface area contributed by atoms with Crippen LogP contribution >= 0.6 is 0 Å². The number of hydrogen-bond donors (Lipinski definition) is 4. The van der Waals surface area contributed by atoms with Crippen LogP contribution in [0.25, 0.3) is 0 Å². The van der Waals surface area contributed by atoms with Crippen LogP contribution in [0.1, 0.15) is 27.2 Å². The van der Waals surface area contributed by atoms with Crippen LogP contribution in [0.4, 0.5) is 10.5 Å². The zero-order valence-corrected chi connectivity index (χ0v) is 13.6. The number of carbonyl (C=O) groups is 3. The SMILES string of the molecule is CC(C)(C)[C@H](NC(=O)CCNC(=O)Nc1ccccc1)C(=O)O. The highest BCUT2D eigenvalue weighted by Gasteiger charge is 2.32. The molecule has 7 heteroatoms. The van der Waals surface area contributed by atoms with E-state index in [9.17, 15) is 14.4 Å². The molecule has 0 radical (unpaired) electrons. The van der Waals surface area contributed by atoms with E-state index in [1.165, 1.54) is 0 Å². The molecule has 0 aliphatic heterocycles. The van der Waals surface area contributed by atoms with E-state index in [0.29, 0.717) is 5.69 Å². The number of para-hydroxylation sites is 1. The van der Waals surface area contributed by atoms with E-state index in [1.54, 1.807) is 45.0 Å². The highest BCUT2D eigenvalue weighted by molar-refractivity contribution is 5.89. The fourth-order valence-electron chi connectivity index (χ4n) is 1.87. The number of anilines is 1. The van der Waals surface area contributed by atoms with E-state index < -0.39 is 29.4 Å². The maximum atomic E-state index is 11.8. The van der Waals surface area contributed by atoms with Crippen LogP contribution in [0.15, 0.2) is 30.3 Å². The summed E-state index contributed by atoms with van der Waals surface area (Å²) in [6, 6.07) is 7.51. The molecule has 0 saturated carbocycles. The third kappa shape index (κ3) is 6.82. The highest BCUT2D eigenvalue weighted by atomic mass is 16.4. The average Bonchev–Trinajstić information content (AvgIpc) is 2.44. The summed E-state index contributed by atoms with van der Waals surface area (Å²) in [6.45, 7) is 5.31. The lowest BCUT2D eigenvalue weighted by Crippen LogP contribution is -2.49. The van der Waals surface area contributed by atoms with Gasteiger partial charge in [0.05, 0.1) is 0 Å². The summed E-state index contributed by atoms with van der Waals surface area (Å²) in [5.74, 6) is -1.51. The van der Waals surface area contributed by atoms with Crippen molar-refractivity contribution in [2.24, 2.45) is 5.41 Å². The first-order valence-corrected chi connectivity index (χ1v) is 7.32. The van der Waals surface area contributed by atoms with Gasteiger partial charge in [0.2, 0.25) is 5.91 Å². The number of carbonyl (C=O) groups excluding carboxylic acids is 2. The second-order valence-electron chi connectivity index (χ2n) is 6.20. The Morgan fingerprint density at radius 1 is 1.13 bits per heavy atom. The number of aliphatic carboxylic acids is 1. The Hall–Kier alpha value is -2.57. The molecule has 0 unspecified atom stereocenters. The van der Waals surface area contributed by atoms with Crippen molar-refractivity contribution in [3.63, 3.8) is 0 Å². The summed E-state index contributed by atoms with van der Waals surface area (Å²) in [7, 11) is 0. The van der Waals surface area contributed by atoms with Crippen LogP contribution in [-0.4, -0.2) is 35.6 Å². The van der Waals surface area contributed by atoms with Crippen molar-refractivity contribution >= 4 is 23.6 Å². The number of rotatable bonds is 6. The van der Waals surface area contributed by atoms with E-state index in [-0.39, 0.29) is 13.0 Å². The summed E-state index contributed by atoms with van der Waals surface area (Å²) in [5, 5.41) is 16.8. The third-order valence-corrected chi connectivity index (χ3v) is 3.09. The number of amides is 3. The molecule has 3 amide bonds. The van der Waals surface area contributed by atoms with Crippen LogP contribution in [0.3, 0.4) is 0 Å². The predicted octanol–water partition coefficient (Wildman–Crippen LogP) is 1.81. The van der Waals surface area contributed by atoms with Crippen molar-refractivity contribution in [1.82, 2.24) is 10.6 Å². The molecular weight excluding hydrogens is 298 g/mol. The fourth-order valence-corrected chi connectivity index (χ4v) is 1.87. The van der Waals surface area contributed by atoms with Gasteiger partial charge in [-0.25, -0.2) is 9.59 Å². The van der Waals surface area contributed by atoms with Crippen molar-refractivity contribution in [2.45, 2.75) is 33.2 Å². The maximum absolute atomic E-state index is 11.8. The normalized spacial score (nSPS) is 12.1. The first-order valence-electron chi connectivity index (χ1n) is 7.32. The van der Waals surface area contributed by atoms with Gasteiger partial charge in [-0.15, -0.1) is 0 Å². The molecule has 0 bridgehead atoms. The van der Waals surface area contributed by atoms with Crippen LogP contribution in [0, 0.1) is 5.41 Å². The zero-order chi connectivity index (χ0) is 17.5. The first kappa shape index (κ1) is 18.5. The molecule has 0 fully saturated rings. The largest absolute Gasteiger partial charge is 0.480 e. The van der Waals surface area contributed by atoms with Gasteiger partial charge >= 0.3 is 12.0 Å². The molecule has 23 heavy (non-hydrogen) atoms. The second-order valence-corrected chi connectivity index (χ2v) is 6.20. The molecule has 0 aliphatic carbocycles. The zero-order valence-electron chi connectivity index (χ0n) is 13.6. The number of carboxylic acid groups (broad SMARTS) is 1. The Bertz CT molecular complexity index is 552. The molecule has 0 spiro atoms. The molecule has 1 aromatic carbocycles. The van der Waals surface area contributed by atoms with Crippen molar-refractivity contribution in [3.8, 4) is 0 Å². The summed E-state index contributed by atoms with van der Waals surface area (Å²) < 4.78 is 0. The van der Waals surface area contributed by atoms with Crippen molar-refractivity contribution < 1.29 is 19.5 Å². The first-order chi connectivity index (χ1) is 10.7. The minimum Gasteiger partial charge on any atom is -0.480 e. The summed E-state index contributed by atoms with van der Waals surface area (Å²) in [6.07, 6.45) is 0.00205. The van der Waals surface area contributed by atoms with E-state index >= 15 is 0 Å². The average molecular weight is 321 g/mol. The smallest absolute Gasteiger partial charge is 0.326 e. The summed E-state index contributed by atoms with van der Waals surface area (Å²) in [4.78, 5) is 34.6. The Morgan fingerprint density at radius 3 is 2.26 bits per heavy atom. The Kier molecular flexibility index (Phi) is 6.56. The van der Waals surface area contributed by atoms with Gasteiger partial charge in [-0.2, -0.15) is 0 Å². The molecule has 0 aromatic heterocycles. The minimum atomic E-state index is -1.08. The van der Waals surface area contributed by atoms with E-state index in [0.717, 1.165) is 0 Å². The molecule has 1 atom stereocenters. The van der Waals surface area contributed by atoms with Gasteiger partial charge < -0.3 is 21.1 Å². The number of carboxylic acids is 1. The Labute approximate surface area is 135 Å². The molecule has 1 rings (SSSR count). The predicted molar refractivity (Wildman–Crippen MR) is 87.1 cm³/mol. The number of urea groups is 1. The lowest BCUT2D eigenvalue weighted by atomic mass is 9.86. The number of hydrogen-bond acceptors (Lipinski definition) is 3. The molecule has 0 aliphatic rings. The number of nitrogens with one attached hydrogen (secondary N) is 3. The Morgan fingerprint density at radius 2 is 1.74 bits per heavy atom. The second kappa shape index (κ2) is 8.17. The van der Waals surface area contributed by atoms with Crippen LogP contribution in [0.5, 0.6) is 0 Å². The standard InChI is InChI=1S/C16H23N3O4/c1-16(2,3)13(14(21)22)19-12(20)9-10-17-15(23)18-11-7-5-4-6-8-11/h4-8,13H,9-10H2,1-3H3,(H,19,20)(H,21,22)(H2,17,18,23)/t13-/m1/s1. The highest BCUT2D eigenvalue weighted by Crippen LogP contribution is 2.19. The molecule has 0 heterocycles. The van der Waals surface area contributed by atoms with E-state index in [2.05, 4.69) is 16.0 Å². The van der Waals surface area contributed by atoms with Crippen LogP contribution in [-0.2, 0) is 9.59 Å². The quantitative estimate of drug-likeness (QED) is 0.641. The topological polar surface area (TPSA) is 108 Å². The molecule has 0 saturated heterocycles. The maximum Gasteiger partial charge on any atom is 0.326 e. The van der Waals surface area contributed by atoms with E-state index in [4.69, 9.17) is 5.11 Å². The summed E-state index contributed by atoms with van der Waals surface area (Å²) >= 11 is 0. The lowest BCUT2D eigenvalue weighted by molar-refractivity contribution is -0.144. The van der Waals surface area contributed by atoms with Gasteiger partial charge in [0.15, 0.2) is 0 Å². The molecule has 7 nitrogen and oxygen atoms in total. The molecular formula is C16H23N3O4. The van der Waals surface area contributed by atoms with Gasteiger partial charge in [0.1, 0.15) is 6.04 Å². The molecule has 1 aromatic rings. The van der Waals surface area contributed by atoms with Gasteiger partial charge in [-0.3, -0.25) is 4.79 Å². The van der Waals surface area contributed by atoms with Gasteiger partial charge in [-0.05, 0) is 17.5 Å². The molecule has 4 N–H and O–H groups in total. The van der Waals surface area contributed by atoms with Crippen molar-refractivity contribution in [3.05, 3.63) is 30.3 Å². The van der Waals surface area contributed by atoms with Gasteiger partial charge in [0.25, 0.3) is 0 Å². The van der Waals surface area contributed by atoms with Crippen molar-refractivity contribution in [2.75, 3.05) is 11.9 Å². The third-order valence-electron chi connectivity index (χ3n) is 3.09. The van der Waals surface area contributed by atoms with Crippen molar-refractivity contribution in [1.29, 1.82) is 0 Å². The van der Waals surface area contributed by atoms with Crippen LogP contribution < -0.4 is 16.0 Å². The van der Waals surface area contributed by atoms with E-state index in [1.807, 2.05) is 6.07 Å². The van der Waals surface area contributed by atoms with Gasteiger partial charge in [0, 0.05) is 18.7 Å². The van der Waals surface area contributed by atoms with Crippen LogP contribution in [0.2, 0.25) is 0 Å². The monoisotopic (exact) mass is 321 g/mol.